The van der Waals surface area contributed by atoms with Crippen molar-refractivity contribution in [3.05, 3.63) is 82.1 Å². The number of rotatable bonds is 8. The number of thiazole rings is 1. The van der Waals surface area contributed by atoms with Crippen LogP contribution in [0.5, 0.6) is 11.6 Å². The summed E-state index contributed by atoms with van der Waals surface area (Å²) in [5.41, 5.74) is 4.73. The highest BCUT2D eigenvalue weighted by Gasteiger charge is 2.17. The lowest BCUT2D eigenvalue weighted by atomic mass is 10.0. The number of aryl methyl sites for hydroxylation is 3. The Morgan fingerprint density at radius 1 is 0.975 bits per heavy atom. The number of benzene rings is 2. The van der Waals surface area contributed by atoms with E-state index in [9.17, 15) is 0 Å². The largest absolute Gasteiger partial charge is 0.437 e. The highest BCUT2D eigenvalue weighted by Crippen LogP contribution is 2.38. The normalized spacial score (nSPS) is 15.2. The van der Waals surface area contributed by atoms with Gasteiger partial charge in [0.2, 0.25) is 11.8 Å². The van der Waals surface area contributed by atoms with Crippen molar-refractivity contribution in [3.63, 3.8) is 0 Å². The molecule has 1 aliphatic heterocycles. The van der Waals surface area contributed by atoms with Gasteiger partial charge in [0.25, 0.3) is 0 Å². The summed E-state index contributed by atoms with van der Waals surface area (Å²) in [5.74, 6) is 1.90. The van der Waals surface area contributed by atoms with Crippen molar-refractivity contribution in [2.45, 2.75) is 46.2 Å². The standard InChI is InChI=1S/C31H33N7OS/c1-19-11-12-23-24(8-4-10-26(23)35-18-28-20(2)40-21(3)36-28)29(19)39-30-25(9-6-15-33-30)27-13-16-34-31(38-27)37-22-7-5-14-32-17-22/h4,6,8-13,15-16,22,32,35H,5,7,14,17-18H2,1-3H3,(H,34,37,38)/t22-/m0/s1. The lowest BCUT2D eigenvalue weighted by Crippen LogP contribution is -2.38. The van der Waals surface area contributed by atoms with Gasteiger partial charge in [0.05, 0.1) is 28.5 Å². The maximum absolute atomic E-state index is 6.60. The smallest absolute Gasteiger partial charge is 0.228 e. The van der Waals surface area contributed by atoms with Crippen LogP contribution in [0.15, 0.2) is 60.9 Å². The third kappa shape index (κ3) is 5.61. The van der Waals surface area contributed by atoms with Crippen LogP contribution in [0.4, 0.5) is 11.6 Å². The Kier molecular flexibility index (Phi) is 7.57. The maximum atomic E-state index is 6.60. The minimum Gasteiger partial charge on any atom is -0.437 e. The molecule has 4 heterocycles. The molecule has 0 amide bonds. The summed E-state index contributed by atoms with van der Waals surface area (Å²) in [6.07, 6.45) is 5.77. The number of hydrogen-bond acceptors (Lipinski definition) is 9. The molecule has 8 nitrogen and oxygen atoms in total. The first kappa shape index (κ1) is 26.2. The van der Waals surface area contributed by atoms with Crippen LogP contribution in [-0.4, -0.2) is 39.1 Å². The van der Waals surface area contributed by atoms with Crippen molar-refractivity contribution in [2.75, 3.05) is 23.7 Å². The van der Waals surface area contributed by atoms with Crippen LogP contribution in [0.25, 0.3) is 22.0 Å². The molecule has 1 fully saturated rings. The van der Waals surface area contributed by atoms with E-state index in [0.717, 1.165) is 75.7 Å². The Hall–Kier alpha value is -4.08. The van der Waals surface area contributed by atoms with Gasteiger partial charge in [-0.3, -0.25) is 0 Å². The molecule has 3 aromatic heterocycles. The van der Waals surface area contributed by atoms with Crippen molar-refractivity contribution in [1.82, 2.24) is 25.3 Å². The first-order valence-electron chi connectivity index (χ1n) is 13.7. The predicted molar refractivity (Wildman–Crippen MR) is 162 cm³/mol. The van der Waals surface area contributed by atoms with Gasteiger partial charge >= 0.3 is 0 Å². The summed E-state index contributed by atoms with van der Waals surface area (Å²) < 4.78 is 6.60. The third-order valence-electron chi connectivity index (χ3n) is 7.19. The average Bonchev–Trinajstić information content (AvgIpc) is 3.30. The summed E-state index contributed by atoms with van der Waals surface area (Å²) >= 11 is 1.73. The molecular formula is C31H33N7OS. The van der Waals surface area contributed by atoms with Gasteiger partial charge in [-0.05, 0) is 70.0 Å². The van der Waals surface area contributed by atoms with Crippen LogP contribution < -0.4 is 20.7 Å². The molecule has 1 saturated heterocycles. The van der Waals surface area contributed by atoms with Crippen molar-refractivity contribution in [2.24, 2.45) is 0 Å². The Bertz CT molecular complexity index is 1640. The van der Waals surface area contributed by atoms with Gasteiger partial charge in [0, 0.05) is 46.3 Å². The fourth-order valence-corrected chi connectivity index (χ4v) is 5.98. The summed E-state index contributed by atoms with van der Waals surface area (Å²) in [6.45, 7) is 8.87. The van der Waals surface area contributed by atoms with E-state index in [1.54, 1.807) is 23.7 Å². The number of pyridine rings is 1. The van der Waals surface area contributed by atoms with E-state index < -0.39 is 0 Å². The van der Waals surface area contributed by atoms with Crippen LogP contribution in [0, 0.1) is 20.8 Å². The summed E-state index contributed by atoms with van der Waals surface area (Å²) in [6, 6.07) is 16.6. The zero-order valence-corrected chi connectivity index (χ0v) is 23.8. The molecule has 0 radical (unpaired) electrons. The monoisotopic (exact) mass is 551 g/mol. The topological polar surface area (TPSA) is 96.9 Å². The van der Waals surface area contributed by atoms with Crippen molar-refractivity contribution in [1.29, 1.82) is 0 Å². The second kappa shape index (κ2) is 11.6. The van der Waals surface area contributed by atoms with E-state index >= 15 is 0 Å². The third-order valence-corrected chi connectivity index (χ3v) is 8.11. The van der Waals surface area contributed by atoms with Crippen LogP contribution >= 0.6 is 11.3 Å². The summed E-state index contributed by atoms with van der Waals surface area (Å²) in [7, 11) is 0. The number of ether oxygens (including phenoxy) is 1. The van der Waals surface area contributed by atoms with Crippen molar-refractivity contribution < 1.29 is 4.74 Å². The van der Waals surface area contributed by atoms with Gasteiger partial charge in [0.15, 0.2) is 0 Å². The van der Waals surface area contributed by atoms with Gasteiger partial charge in [-0.15, -0.1) is 11.3 Å². The molecule has 6 rings (SSSR count). The highest BCUT2D eigenvalue weighted by molar-refractivity contribution is 7.11. The van der Waals surface area contributed by atoms with Crippen LogP contribution in [0.2, 0.25) is 0 Å². The SMILES string of the molecule is Cc1nc(CNc2cccc3c(Oc4ncccc4-c4ccnc(N[C@H]5CCCNC5)n4)c(C)ccc23)c(C)s1. The molecule has 0 spiro atoms. The number of anilines is 2. The predicted octanol–water partition coefficient (Wildman–Crippen LogP) is 6.64. The zero-order valence-electron chi connectivity index (χ0n) is 23.0. The second-order valence-corrected chi connectivity index (χ2v) is 11.5. The van der Waals surface area contributed by atoms with Crippen LogP contribution in [0.3, 0.4) is 0 Å². The molecule has 2 aromatic carbocycles. The Morgan fingerprint density at radius 2 is 1.90 bits per heavy atom. The number of hydrogen-bond donors (Lipinski definition) is 3. The molecule has 5 aromatic rings. The minimum absolute atomic E-state index is 0.318. The van der Waals surface area contributed by atoms with E-state index in [2.05, 4.69) is 75.1 Å². The molecule has 9 heteroatoms. The van der Waals surface area contributed by atoms with E-state index in [-0.39, 0.29) is 0 Å². The quantitative estimate of drug-likeness (QED) is 0.197. The molecule has 0 aliphatic carbocycles. The van der Waals surface area contributed by atoms with Crippen molar-refractivity contribution in [3.8, 4) is 22.9 Å². The Balaban J connectivity index is 1.30. The summed E-state index contributed by atoms with van der Waals surface area (Å²) in [4.78, 5) is 19.8. The molecular weight excluding hydrogens is 518 g/mol. The molecule has 0 bridgehead atoms. The fraction of sp³-hybridized carbons (Fsp3) is 0.290. The highest BCUT2D eigenvalue weighted by atomic mass is 32.1. The van der Waals surface area contributed by atoms with Crippen LogP contribution in [0.1, 0.15) is 34.0 Å². The molecule has 204 valence electrons. The first-order valence-corrected chi connectivity index (χ1v) is 14.5. The molecule has 1 atom stereocenters. The van der Waals surface area contributed by atoms with Gasteiger partial charge in [-0.1, -0.05) is 24.3 Å². The first-order chi connectivity index (χ1) is 19.5. The zero-order chi connectivity index (χ0) is 27.5. The fourth-order valence-electron chi connectivity index (χ4n) is 5.14. The van der Waals surface area contributed by atoms with E-state index in [1.807, 2.05) is 25.1 Å². The van der Waals surface area contributed by atoms with Gasteiger partial charge in [0.1, 0.15) is 5.75 Å². The Labute approximate surface area is 238 Å². The van der Waals surface area contributed by atoms with Crippen molar-refractivity contribution >= 4 is 33.7 Å². The number of nitrogens with one attached hydrogen (secondary N) is 3. The van der Waals surface area contributed by atoms with Gasteiger partial charge < -0.3 is 20.7 Å². The lowest BCUT2D eigenvalue weighted by molar-refractivity contribution is 0.466. The molecule has 1 aliphatic rings. The molecule has 40 heavy (non-hydrogen) atoms. The summed E-state index contributed by atoms with van der Waals surface area (Å²) in [5, 5.41) is 13.7. The van der Waals surface area contributed by atoms with E-state index in [1.165, 1.54) is 4.88 Å². The maximum Gasteiger partial charge on any atom is 0.228 e. The number of nitrogens with zero attached hydrogens (tertiary/aromatic N) is 4. The second-order valence-electron chi connectivity index (χ2n) is 10.1. The number of aromatic nitrogens is 4. The number of fused-ring (bicyclic) bond motifs is 1. The van der Waals surface area contributed by atoms with Gasteiger partial charge in [-0.25, -0.2) is 19.9 Å². The van der Waals surface area contributed by atoms with Gasteiger partial charge in [-0.2, -0.15) is 0 Å². The lowest BCUT2D eigenvalue weighted by Gasteiger charge is -2.23. The Morgan fingerprint density at radius 3 is 2.73 bits per heavy atom. The average molecular weight is 552 g/mol. The van der Waals surface area contributed by atoms with E-state index in [0.29, 0.717) is 24.4 Å². The minimum atomic E-state index is 0.318. The molecule has 3 N–H and O–H groups in total. The molecule has 0 unspecified atom stereocenters. The molecule has 0 saturated carbocycles. The van der Waals surface area contributed by atoms with Crippen LogP contribution in [-0.2, 0) is 6.54 Å². The number of piperidine rings is 1. The van der Waals surface area contributed by atoms with E-state index in [4.69, 9.17) is 9.72 Å².